The number of alkyl carbamates (subject to hydrolysis) is 1. The summed E-state index contributed by atoms with van der Waals surface area (Å²) in [7, 11) is 0. The first kappa shape index (κ1) is 35.9. The predicted molar refractivity (Wildman–Crippen MR) is 183 cm³/mol. The fraction of sp³-hybridized carbons (Fsp3) is 0.405. The zero-order valence-corrected chi connectivity index (χ0v) is 27.2. The number of carbonyl (C=O) groups is 4. The van der Waals surface area contributed by atoms with Crippen LogP contribution in [0.3, 0.4) is 0 Å². The summed E-state index contributed by atoms with van der Waals surface area (Å²) in [6.45, 7) is 7.14. The molecular weight excluding hydrogens is 612 g/mol. The molecule has 48 heavy (non-hydrogen) atoms. The van der Waals surface area contributed by atoms with E-state index in [1.54, 1.807) is 6.08 Å². The maximum Gasteiger partial charge on any atom is 0.408 e. The molecule has 11 nitrogen and oxygen atoms in total. The second-order valence-corrected chi connectivity index (χ2v) is 12.3. The van der Waals surface area contributed by atoms with Crippen LogP contribution in [0, 0.1) is 5.92 Å². The van der Waals surface area contributed by atoms with Gasteiger partial charge in [-0.3, -0.25) is 9.59 Å². The normalized spacial score (nSPS) is 15.4. The van der Waals surface area contributed by atoms with Gasteiger partial charge in [-0.1, -0.05) is 73.5 Å². The fourth-order valence-electron chi connectivity index (χ4n) is 6.04. The van der Waals surface area contributed by atoms with Crippen molar-refractivity contribution in [2.24, 2.45) is 5.92 Å². The van der Waals surface area contributed by atoms with Crippen LogP contribution in [-0.4, -0.2) is 64.8 Å². The molecule has 5 N–H and O–H groups in total. The monoisotopic (exact) mass is 658 g/mol. The minimum atomic E-state index is -1.05. The number of aliphatic hydroxyl groups excluding tert-OH is 1. The second-order valence-electron chi connectivity index (χ2n) is 12.3. The van der Waals surface area contributed by atoms with Crippen LogP contribution in [0.25, 0.3) is 10.9 Å². The van der Waals surface area contributed by atoms with Gasteiger partial charge in [0.1, 0.15) is 19.3 Å². The summed E-state index contributed by atoms with van der Waals surface area (Å²) in [4.78, 5) is 55.6. The van der Waals surface area contributed by atoms with E-state index in [4.69, 9.17) is 9.47 Å². The number of para-hydroxylation sites is 1. The van der Waals surface area contributed by atoms with Gasteiger partial charge >= 0.3 is 12.1 Å². The number of H-pyrrole nitrogens is 1. The Morgan fingerprint density at radius 2 is 1.65 bits per heavy atom. The van der Waals surface area contributed by atoms with Crippen LogP contribution in [-0.2, 0) is 36.9 Å². The van der Waals surface area contributed by atoms with Gasteiger partial charge in [-0.15, -0.1) is 13.2 Å². The number of ether oxygens (including phenoxy) is 2. The molecule has 0 unspecified atom stereocenters. The van der Waals surface area contributed by atoms with Gasteiger partial charge in [0.05, 0.1) is 24.1 Å². The van der Waals surface area contributed by atoms with Gasteiger partial charge in [0, 0.05) is 23.5 Å². The Bertz CT molecular complexity index is 1550. The molecule has 3 amide bonds. The van der Waals surface area contributed by atoms with Crippen molar-refractivity contribution in [1.29, 1.82) is 0 Å². The van der Waals surface area contributed by atoms with Crippen LogP contribution in [0.4, 0.5) is 4.79 Å². The average Bonchev–Trinajstić information content (AvgIpc) is 3.73. The first-order chi connectivity index (χ1) is 23.3. The Labute approximate surface area is 281 Å². The molecule has 4 rings (SSSR count). The topological polar surface area (TPSA) is 159 Å². The van der Waals surface area contributed by atoms with Crippen LogP contribution in [0.15, 0.2) is 86.1 Å². The van der Waals surface area contributed by atoms with E-state index >= 15 is 0 Å². The van der Waals surface area contributed by atoms with Crippen molar-refractivity contribution in [2.45, 2.75) is 75.6 Å². The molecule has 1 fully saturated rings. The van der Waals surface area contributed by atoms with Gasteiger partial charge in [0.25, 0.3) is 0 Å². The van der Waals surface area contributed by atoms with Crippen molar-refractivity contribution in [3.63, 3.8) is 0 Å². The van der Waals surface area contributed by atoms with E-state index in [1.807, 2.05) is 60.8 Å². The van der Waals surface area contributed by atoms with Crippen LogP contribution in [0.5, 0.6) is 0 Å². The van der Waals surface area contributed by atoms with E-state index in [0.717, 1.165) is 34.9 Å². The SMILES string of the molecule is C=CC[C@@H](CC(=O)NC1(CO)CCCC1)C(=O)N[C@H](COC(=O)[C@@H](CC=C)NC(=O)OCc1ccccc1)Cc1c[nH]c2ccccc12. The maximum atomic E-state index is 13.6. The van der Waals surface area contributed by atoms with Crippen molar-refractivity contribution in [3.8, 4) is 0 Å². The lowest BCUT2D eigenvalue weighted by Gasteiger charge is -2.29. The van der Waals surface area contributed by atoms with Gasteiger partial charge in [0.2, 0.25) is 11.8 Å². The molecule has 1 aromatic heterocycles. The molecular formula is C37H46N4O7. The van der Waals surface area contributed by atoms with E-state index in [9.17, 15) is 24.3 Å². The van der Waals surface area contributed by atoms with E-state index in [0.29, 0.717) is 19.3 Å². The highest BCUT2D eigenvalue weighted by molar-refractivity contribution is 5.87. The van der Waals surface area contributed by atoms with Crippen molar-refractivity contribution in [2.75, 3.05) is 13.2 Å². The number of hydrogen-bond donors (Lipinski definition) is 5. The van der Waals surface area contributed by atoms with Gasteiger partial charge < -0.3 is 35.5 Å². The minimum absolute atomic E-state index is 0.0339. The number of aliphatic hydroxyl groups is 1. The standard InChI is InChI=1S/C37H46N4O7/c1-3-12-27(21-33(43)41-37(25-42)18-10-11-19-37)34(44)39-29(20-28-22-38-31-17-9-8-16-30(28)31)24-47-35(45)32(13-4-2)40-36(46)48-23-26-14-6-5-7-15-26/h3-9,14-17,22,27,29,32,38,42H,1-2,10-13,18-21,23-25H2,(H,39,44)(H,40,46)(H,41,43)/t27-,29-,32+/m0/s1. The molecule has 256 valence electrons. The van der Waals surface area contributed by atoms with Crippen molar-refractivity contribution in [3.05, 3.63) is 97.2 Å². The summed E-state index contributed by atoms with van der Waals surface area (Å²) in [5.41, 5.74) is 1.97. The number of rotatable bonds is 18. The third kappa shape index (κ3) is 10.3. The Morgan fingerprint density at radius 1 is 0.938 bits per heavy atom. The first-order valence-electron chi connectivity index (χ1n) is 16.4. The van der Waals surface area contributed by atoms with Crippen LogP contribution in [0.1, 0.15) is 56.1 Å². The predicted octanol–water partition coefficient (Wildman–Crippen LogP) is 4.61. The molecule has 0 saturated heterocycles. The molecule has 3 aromatic rings. The van der Waals surface area contributed by atoms with Crippen molar-refractivity contribution < 1.29 is 33.8 Å². The lowest BCUT2D eigenvalue weighted by molar-refractivity contribution is -0.147. The largest absolute Gasteiger partial charge is 0.462 e. The molecule has 1 saturated carbocycles. The van der Waals surface area contributed by atoms with Crippen molar-refractivity contribution in [1.82, 2.24) is 20.9 Å². The van der Waals surface area contributed by atoms with Crippen LogP contribution >= 0.6 is 0 Å². The van der Waals surface area contributed by atoms with Crippen LogP contribution in [0.2, 0.25) is 0 Å². The van der Waals surface area contributed by atoms with Gasteiger partial charge in [0.15, 0.2) is 0 Å². The number of allylic oxidation sites excluding steroid dienone is 1. The summed E-state index contributed by atoms with van der Waals surface area (Å²) >= 11 is 0. The average molecular weight is 659 g/mol. The first-order valence-corrected chi connectivity index (χ1v) is 16.4. The Balaban J connectivity index is 1.43. The molecule has 0 spiro atoms. The van der Waals surface area contributed by atoms with Crippen molar-refractivity contribution >= 4 is 34.8 Å². The molecule has 3 atom stereocenters. The van der Waals surface area contributed by atoms with E-state index in [1.165, 1.54) is 6.08 Å². The highest BCUT2D eigenvalue weighted by Crippen LogP contribution is 2.29. The maximum absolute atomic E-state index is 13.6. The number of benzene rings is 2. The highest BCUT2D eigenvalue weighted by atomic mass is 16.6. The molecule has 1 heterocycles. The minimum Gasteiger partial charge on any atom is -0.462 e. The van der Waals surface area contributed by atoms with E-state index in [2.05, 4.69) is 34.1 Å². The number of carbonyl (C=O) groups excluding carboxylic acids is 4. The van der Waals surface area contributed by atoms with Gasteiger partial charge in [-0.05, 0) is 49.3 Å². The summed E-state index contributed by atoms with van der Waals surface area (Å²) in [5, 5.41) is 19.4. The molecule has 0 radical (unpaired) electrons. The smallest absolute Gasteiger partial charge is 0.408 e. The van der Waals surface area contributed by atoms with Crippen LogP contribution < -0.4 is 16.0 Å². The Kier molecular flexibility index (Phi) is 13.4. The third-order valence-electron chi connectivity index (χ3n) is 8.63. The number of fused-ring (bicyclic) bond motifs is 1. The zero-order chi connectivity index (χ0) is 34.4. The fourth-order valence-corrected chi connectivity index (χ4v) is 6.04. The third-order valence-corrected chi connectivity index (χ3v) is 8.63. The summed E-state index contributed by atoms with van der Waals surface area (Å²) in [5.74, 6) is -2.14. The molecule has 2 aromatic carbocycles. The molecule has 0 bridgehead atoms. The highest BCUT2D eigenvalue weighted by Gasteiger charge is 2.36. The van der Waals surface area contributed by atoms with Gasteiger partial charge in [-0.2, -0.15) is 0 Å². The second kappa shape index (κ2) is 17.9. The number of amides is 3. The number of esters is 1. The van der Waals surface area contributed by atoms with Gasteiger partial charge in [-0.25, -0.2) is 9.59 Å². The summed E-state index contributed by atoms with van der Waals surface area (Å²) in [6, 6.07) is 15.2. The Morgan fingerprint density at radius 3 is 2.35 bits per heavy atom. The molecule has 0 aliphatic heterocycles. The lowest BCUT2D eigenvalue weighted by atomic mass is 9.95. The number of hydrogen-bond acceptors (Lipinski definition) is 7. The molecule has 1 aliphatic rings. The molecule has 11 heteroatoms. The molecule has 1 aliphatic carbocycles. The summed E-state index contributed by atoms with van der Waals surface area (Å²) in [6.07, 6.45) is 7.96. The Hall–Kier alpha value is -4.90. The number of aromatic amines is 1. The zero-order valence-electron chi connectivity index (χ0n) is 27.2. The summed E-state index contributed by atoms with van der Waals surface area (Å²) < 4.78 is 10.9. The number of nitrogens with one attached hydrogen (secondary N) is 4. The van der Waals surface area contributed by atoms with E-state index < -0.39 is 35.6 Å². The lowest BCUT2D eigenvalue weighted by Crippen LogP contribution is -2.50. The quantitative estimate of drug-likeness (QED) is 0.0986. The van der Waals surface area contributed by atoms with E-state index in [-0.39, 0.29) is 50.9 Å². The number of aromatic nitrogens is 1.